The lowest BCUT2D eigenvalue weighted by atomic mass is 9.96. The average molecular weight is 350 g/mol. The molecule has 7 heteroatoms. The summed E-state index contributed by atoms with van der Waals surface area (Å²) in [5.74, 6) is 0.677. The maximum atomic E-state index is 11.9. The summed E-state index contributed by atoms with van der Waals surface area (Å²) in [6, 6.07) is 4.57. The average Bonchev–Trinajstić information content (AvgIpc) is 3.28. The number of aliphatic imine (C=N–C) groups is 1. The summed E-state index contributed by atoms with van der Waals surface area (Å²) in [5, 5.41) is 8.97. The van der Waals surface area contributed by atoms with Crippen LogP contribution in [-0.4, -0.2) is 55.7 Å². The van der Waals surface area contributed by atoms with E-state index in [1.165, 1.54) is 4.88 Å². The first-order valence-electron chi connectivity index (χ1n) is 8.49. The second kappa shape index (κ2) is 7.53. The Hall–Kier alpha value is -1.60. The van der Waals surface area contributed by atoms with Crippen LogP contribution in [0.2, 0.25) is 0 Å². The van der Waals surface area contributed by atoms with Crippen molar-refractivity contribution in [3.05, 3.63) is 22.4 Å². The Morgan fingerprint density at radius 1 is 1.50 bits per heavy atom. The highest BCUT2D eigenvalue weighted by molar-refractivity contribution is 7.10. The van der Waals surface area contributed by atoms with Crippen LogP contribution in [0.25, 0.3) is 0 Å². The van der Waals surface area contributed by atoms with Gasteiger partial charge in [0.2, 0.25) is 5.91 Å². The van der Waals surface area contributed by atoms with Crippen LogP contribution in [0, 0.1) is 0 Å². The van der Waals surface area contributed by atoms with Crippen molar-refractivity contribution >= 4 is 23.2 Å². The monoisotopic (exact) mass is 350 g/mol. The van der Waals surface area contributed by atoms with E-state index in [1.807, 2.05) is 6.07 Å². The van der Waals surface area contributed by atoms with Gasteiger partial charge in [-0.1, -0.05) is 6.07 Å². The number of amides is 1. The molecule has 132 valence electrons. The van der Waals surface area contributed by atoms with E-state index in [1.54, 1.807) is 30.3 Å². The van der Waals surface area contributed by atoms with E-state index in [4.69, 9.17) is 4.74 Å². The predicted molar refractivity (Wildman–Crippen MR) is 96.3 cm³/mol. The number of ether oxygens (including phenoxy) is 1. The van der Waals surface area contributed by atoms with E-state index in [-0.39, 0.29) is 30.6 Å². The molecule has 0 spiro atoms. The molecule has 2 bridgehead atoms. The van der Waals surface area contributed by atoms with Crippen molar-refractivity contribution in [3.63, 3.8) is 0 Å². The Bertz CT molecular complexity index is 587. The van der Waals surface area contributed by atoms with Crippen LogP contribution in [0.3, 0.4) is 0 Å². The number of hydrogen-bond donors (Lipinski definition) is 2. The van der Waals surface area contributed by atoms with Gasteiger partial charge in [-0.05, 0) is 37.6 Å². The number of rotatable bonds is 5. The lowest BCUT2D eigenvalue weighted by Gasteiger charge is -2.25. The van der Waals surface area contributed by atoms with E-state index in [2.05, 4.69) is 34.0 Å². The van der Waals surface area contributed by atoms with Gasteiger partial charge in [0.15, 0.2) is 5.96 Å². The minimum Gasteiger partial charge on any atom is -0.373 e. The topological polar surface area (TPSA) is 66.0 Å². The van der Waals surface area contributed by atoms with Gasteiger partial charge in [0.25, 0.3) is 0 Å². The molecular formula is C17H26N4O2S. The van der Waals surface area contributed by atoms with Gasteiger partial charge >= 0.3 is 0 Å². The van der Waals surface area contributed by atoms with Gasteiger partial charge in [0.05, 0.1) is 24.3 Å². The Labute approximate surface area is 147 Å². The molecule has 24 heavy (non-hydrogen) atoms. The molecule has 2 fully saturated rings. The zero-order valence-corrected chi connectivity index (χ0v) is 15.3. The lowest BCUT2D eigenvalue weighted by Crippen LogP contribution is -2.48. The summed E-state index contributed by atoms with van der Waals surface area (Å²) in [4.78, 5) is 19.2. The van der Waals surface area contributed by atoms with Gasteiger partial charge in [0, 0.05) is 19.0 Å². The molecule has 1 aromatic rings. The molecule has 2 aliphatic heterocycles. The SMILES string of the molecule is CC(NC(=NCC(=O)N(C)C)NC1CC2CCC1O2)c1cccs1. The van der Waals surface area contributed by atoms with Crippen molar-refractivity contribution in [2.24, 2.45) is 4.99 Å². The van der Waals surface area contributed by atoms with Gasteiger partial charge < -0.3 is 20.3 Å². The minimum absolute atomic E-state index is 0.0101. The van der Waals surface area contributed by atoms with E-state index in [0.717, 1.165) is 19.3 Å². The van der Waals surface area contributed by atoms with E-state index >= 15 is 0 Å². The van der Waals surface area contributed by atoms with Gasteiger partial charge in [-0.25, -0.2) is 4.99 Å². The van der Waals surface area contributed by atoms with Crippen molar-refractivity contribution in [1.29, 1.82) is 0 Å². The summed E-state index contributed by atoms with van der Waals surface area (Å²) in [7, 11) is 3.49. The zero-order chi connectivity index (χ0) is 17.1. The first-order chi connectivity index (χ1) is 11.5. The lowest BCUT2D eigenvalue weighted by molar-refractivity contribution is -0.127. The second-order valence-electron chi connectivity index (χ2n) is 6.69. The van der Waals surface area contributed by atoms with Crippen LogP contribution < -0.4 is 10.6 Å². The van der Waals surface area contributed by atoms with Crippen LogP contribution in [0.5, 0.6) is 0 Å². The van der Waals surface area contributed by atoms with Crippen LogP contribution in [0.15, 0.2) is 22.5 Å². The van der Waals surface area contributed by atoms with Gasteiger partial charge in [-0.15, -0.1) is 11.3 Å². The van der Waals surface area contributed by atoms with Crippen molar-refractivity contribution in [2.75, 3.05) is 20.6 Å². The molecular weight excluding hydrogens is 324 g/mol. The number of nitrogens with one attached hydrogen (secondary N) is 2. The minimum atomic E-state index is -0.0101. The zero-order valence-electron chi connectivity index (χ0n) is 14.5. The third-order valence-corrected chi connectivity index (χ3v) is 5.68. The molecule has 4 unspecified atom stereocenters. The van der Waals surface area contributed by atoms with E-state index in [0.29, 0.717) is 12.1 Å². The number of guanidine groups is 1. The van der Waals surface area contributed by atoms with Crippen LogP contribution in [-0.2, 0) is 9.53 Å². The number of hydrogen-bond acceptors (Lipinski definition) is 4. The Morgan fingerprint density at radius 3 is 2.92 bits per heavy atom. The summed E-state index contributed by atoms with van der Waals surface area (Å²) >= 11 is 1.71. The molecule has 2 aliphatic rings. The molecule has 0 aliphatic carbocycles. The Kier molecular flexibility index (Phi) is 5.40. The molecule has 1 amide bonds. The molecule has 0 saturated carbocycles. The molecule has 1 aromatic heterocycles. The third-order valence-electron chi connectivity index (χ3n) is 4.62. The highest BCUT2D eigenvalue weighted by Gasteiger charge is 2.41. The second-order valence-corrected chi connectivity index (χ2v) is 7.67. The van der Waals surface area contributed by atoms with Crippen molar-refractivity contribution < 1.29 is 9.53 Å². The summed E-state index contributed by atoms with van der Waals surface area (Å²) < 4.78 is 5.91. The normalized spacial score (nSPS) is 27.1. The first-order valence-corrected chi connectivity index (χ1v) is 9.37. The molecule has 3 heterocycles. The Morgan fingerprint density at radius 2 is 2.33 bits per heavy atom. The summed E-state index contributed by atoms with van der Waals surface area (Å²) in [6.07, 6.45) is 3.93. The fourth-order valence-corrected chi connectivity index (χ4v) is 3.93. The third kappa shape index (κ3) is 4.08. The standard InChI is InChI=1S/C17H26N4O2S/c1-11(15-5-4-8-24-15)19-17(18-10-16(22)21(2)3)20-13-9-12-6-7-14(13)23-12/h4-5,8,11-14H,6-7,9-10H2,1-3H3,(H2,18,19,20). The number of nitrogens with zero attached hydrogens (tertiary/aromatic N) is 2. The van der Waals surface area contributed by atoms with Crippen LogP contribution in [0.4, 0.5) is 0 Å². The van der Waals surface area contributed by atoms with Crippen molar-refractivity contribution in [2.45, 2.75) is 50.5 Å². The van der Waals surface area contributed by atoms with Gasteiger partial charge in [-0.2, -0.15) is 0 Å². The maximum absolute atomic E-state index is 11.9. The largest absolute Gasteiger partial charge is 0.373 e. The highest BCUT2D eigenvalue weighted by atomic mass is 32.1. The van der Waals surface area contributed by atoms with Gasteiger partial charge in [0.1, 0.15) is 6.54 Å². The smallest absolute Gasteiger partial charge is 0.243 e. The Balaban J connectivity index is 1.65. The number of fused-ring (bicyclic) bond motifs is 2. The number of thiophene rings is 1. The number of carbonyl (C=O) groups is 1. The molecule has 6 nitrogen and oxygen atoms in total. The number of carbonyl (C=O) groups excluding carboxylic acids is 1. The predicted octanol–water partition coefficient (Wildman–Crippen LogP) is 1.75. The molecule has 0 radical (unpaired) electrons. The highest BCUT2D eigenvalue weighted by Crippen LogP contribution is 2.34. The van der Waals surface area contributed by atoms with E-state index in [9.17, 15) is 4.79 Å². The summed E-state index contributed by atoms with van der Waals surface area (Å²) in [5.41, 5.74) is 0. The molecule has 3 rings (SSSR count). The fourth-order valence-electron chi connectivity index (χ4n) is 3.20. The quantitative estimate of drug-likeness (QED) is 0.627. The van der Waals surface area contributed by atoms with Crippen molar-refractivity contribution in [3.8, 4) is 0 Å². The molecule has 2 saturated heterocycles. The summed E-state index contributed by atoms with van der Waals surface area (Å²) in [6.45, 7) is 2.25. The van der Waals surface area contributed by atoms with Crippen LogP contribution >= 0.6 is 11.3 Å². The van der Waals surface area contributed by atoms with E-state index < -0.39 is 0 Å². The molecule has 0 aromatic carbocycles. The fraction of sp³-hybridized carbons (Fsp3) is 0.647. The maximum Gasteiger partial charge on any atom is 0.243 e. The molecule has 4 atom stereocenters. The van der Waals surface area contributed by atoms with Gasteiger partial charge in [-0.3, -0.25) is 4.79 Å². The number of likely N-dealkylation sites (N-methyl/N-ethyl adjacent to an activating group) is 1. The van der Waals surface area contributed by atoms with Crippen LogP contribution in [0.1, 0.15) is 37.1 Å². The van der Waals surface area contributed by atoms with Crippen molar-refractivity contribution in [1.82, 2.24) is 15.5 Å². The molecule has 2 N–H and O–H groups in total. The first kappa shape index (κ1) is 17.2.